The Kier molecular flexibility index (Phi) is 5.68. The number of nitrogen functional groups attached to an aromatic ring is 1. The zero-order chi connectivity index (χ0) is 22.9. The largest absolute Gasteiger partial charge is 0.399 e. The number of aryl methyl sites for hydroxylation is 1. The van der Waals surface area contributed by atoms with Crippen LogP contribution in [0, 0.1) is 0 Å². The van der Waals surface area contributed by atoms with Gasteiger partial charge in [-0.3, -0.25) is 4.68 Å². The van der Waals surface area contributed by atoms with Gasteiger partial charge in [-0.15, -0.1) is 0 Å². The highest BCUT2D eigenvalue weighted by Gasteiger charge is 2.20. The first-order chi connectivity index (χ1) is 16.0. The first-order valence-electron chi connectivity index (χ1n) is 11.1. The summed E-state index contributed by atoms with van der Waals surface area (Å²) in [5.41, 5.74) is 18.2. The fourth-order valence-corrected chi connectivity index (χ4v) is 4.62. The summed E-state index contributed by atoms with van der Waals surface area (Å²) in [7, 11) is 1.91. The highest BCUT2D eigenvalue weighted by atomic mass is 35.5. The van der Waals surface area contributed by atoms with Gasteiger partial charge in [-0.05, 0) is 37.1 Å². The van der Waals surface area contributed by atoms with E-state index in [1.165, 1.54) is 19.3 Å². The van der Waals surface area contributed by atoms with E-state index in [9.17, 15) is 0 Å². The van der Waals surface area contributed by atoms with Crippen molar-refractivity contribution in [3.05, 3.63) is 59.6 Å². The first-order valence-corrected chi connectivity index (χ1v) is 11.5. The number of hydrogen-bond acceptors (Lipinski definition) is 5. The minimum atomic E-state index is 0.346. The molecule has 8 nitrogen and oxygen atoms in total. The molecule has 1 saturated carbocycles. The van der Waals surface area contributed by atoms with Crippen molar-refractivity contribution < 1.29 is 0 Å². The molecule has 3 aromatic heterocycles. The monoisotopic (exact) mass is 462 g/mol. The van der Waals surface area contributed by atoms with Crippen molar-refractivity contribution in [1.29, 1.82) is 0 Å². The van der Waals surface area contributed by atoms with E-state index in [2.05, 4.69) is 26.6 Å². The lowest BCUT2D eigenvalue weighted by atomic mass is 9.95. The highest BCUT2D eigenvalue weighted by molar-refractivity contribution is 6.33. The summed E-state index contributed by atoms with van der Waals surface area (Å²) in [6, 6.07) is 7.69. The fourth-order valence-electron chi connectivity index (χ4n) is 4.39. The number of aromatic nitrogens is 4. The number of aliphatic imine (C=N–C) groups is 1. The molecule has 170 valence electrons. The van der Waals surface area contributed by atoms with E-state index in [1.807, 2.05) is 30.2 Å². The van der Waals surface area contributed by atoms with Crippen LogP contribution in [0.4, 0.5) is 17.1 Å². The second-order valence-electron chi connectivity index (χ2n) is 8.58. The average molecular weight is 463 g/mol. The van der Waals surface area contributed by atoms with Crippen LogP contribution in [-0.2, 0) is 7.05 Å². The van der Waals surface area contributed by atoms with Gasteiger partial charge in [0.1, 0.15) is 5.84 Å². The quantitative estimate of drug-likeness (QED) is 0.225. The summed E-state index contributed by atoms with van der Waals surface area (Å²) in [5, 5.41) is 13.1. The Morgan fingerprint density at radius 2 is 1.91 bits per heavy atom. The molecule has 1 aliphatic rings. The molecule has 1 aliphatic carbocycles. The number of nitrogens with one attached hydrogen (secondary N) is 1. The minimum Gasteiger partial charge on any atom is -0.399 e. The second kappa shape index (κ2) is 8.78. The third-order valence-corrected chi connectivity index (χ3v) is 6.42. The number of amidine groups is 1. The number of nitrogens with two attached hydrogens (primary N) is 2. The SMILES string of the molecule is Cn1cc(-c2cc3c(NC4CCCCC4)c(/C(N)=N/c4ccc(N)cc4Cl)cnn3c2)cn1. The predicted octanol–water partition coefficient (Wildman–Crippen LogP) is 4.75. The van der Waals surface area contributed by atoms with Crippen LogP contribution in [0.3, 0.4) is 0 Å². The van der Waals surface area contributed by atoms with Crippen LogP contribution in [-0.4, -0.2) is 31.3 Å². The van der Waals surface area contributed by atoms with E-state index in [1.54, 1.807) is 29.1 Å². The highest BCUT2D eigenvalue weighted by Crippen LogP contribution is 2.32. The number of benzene rings is 1. The second-order valence-corrected chi connectivity index (χ2v) is 8.99. The first kappa shape index (κ1) is 21.3. The molecule has 33 heavy (non-hydrogen) atoms. The molecule has 0 saturated heterocycles. The summed E-state index contributed by atoms with van der Waals surface area (Å²) in [6.07, 6.45) is 13.6. The Morgan fingerprint density at radius 1 is 1.09 bits per heavy atom. The Balaban J connectivity index is 1.61. The van der Waals surface area contributed by atoms with Crippen LogP contribution in [0.1, 0.15) is 37.7 Å². The summed E-state index contributed by atoms with van der Waals surface area (Å²) < 4.78 is 3.67. The van der Waals surface area contributed by atoms with Crippen molar-refractivity contribution in [3.8, 4) is 11.1 Å². The number of anilines is 2. The lowest BCUT2D eigenvalue weighted by Crippen LogP contribution is -2.25. The molecule has 0 amide bonds. The van der Waals surface area contributed by atoms with Crippen LogP contribution in [0.2, 0.25) is 5.02 Å². The summed E-state index contributed by atoms with van der Waals surface area (Å²) in [4.78, 5) is 4.60. The summed E-state index contributed by atoms with van der Waals surface area (Å²) in [6.45, 7) is 0. The topological polar surface area (TPSA) is 112 Å². The standard InChI is InChI=1S/C24H27ClN8/c1-32-13-16(11-28-32)15-9-22-23(30-18-5-3-2-4-6-18)19(12-29-33(22)14-15)24(27)31-21-8-7-17(26)10-20(21)25/h7-14,18,30H,2-6,26H2,1H3,(H2,27,31). The molecule has 5 N–H and O–H groups in total. The van der Waals surface area contributed by atoms with E-state index in [4.69, 9.17) is 23.1 Å². The van der Waals surface area contributed by atoms with Crippen LogP contribution in [0.5, 0.6) is 0 Å². The molecular formula is C24H27ClN8. The van der Waals surface area contributed by atoms with Crippen molar-refractivity contribution in [1.82, 2.24) is 19.4 Å². The Labute approximate surface area is 197 Å². The van der Waals surface area contributed by atoms with Crippen LogP contribution < -0.4 is 16.8 Å². The lowest BCUT2D eigenvalue weighted by molar-refractivity contribution is 0.463. The molecule has 4 aromatic rings. The normalized spacial score (nSPS) is 15.3. The molecule has 0 unspecified atom stereocenters. The van der Waals surface area contributed by atoms with Gasteiger partial charge in [0.05, 0.1) is 39.9 Å². The maximum absolute atomic E-state index is 6.51. The number of rotatable bonds is 5. The zero-order valence-electron chi connectivity index (χ0n) is 18.5. The van der Waals surface area contributed by atoms with Crippen molar-refractivity contribution in [3.63, 3.8) is 0 Å². The molecule has 5 rings (SSSR count). The van der Waals surface area contributed by atoms with Gasteiger partial charge in [0.2, 0.25) is 0 Å². The smallest absolute Gasteiger partial charge is 0.135 e. The van der Waals surface area contributed by atoms with Crippen molar-refractivity contribution in [2.75, 3.05) is 11.1 Å². The van der Waals surface area contributed by atoms with Crippen molar-refractivity contribution in [2.24, 2.45) is 17.8 Å². The number of halogens is 1. The number of fused-ring (bicyclic) bond motifs is 1. The molecule has 1 aromatic carbocycles. The summed E-state index contributed by atoms with van der Waals surface area (Å²) >= 11 is 6.34. The number of nitrogens with zero attached hydrogens (tertiary/aromatic N) is 5. The van der Waals surface area contributed by atoms with E-state index < -0.39 is 0 Å². The maximum atomic E-state index is 6.51. The number of hydrogen-bond donors (Lipinski definition) is 3. The molecule has 0 radical (unpaired) electrons. The van der Waals surface area contributed by atoms with E-state index in [0.717, 1.165) is 40.7 Å². The van der Waals surface area contributed by atoms with Gasteiger partial charge in [-0.25, -0.2) is 9.51 Å². The molecule has 0 aliphatic heterocycles. The van der Waals surface area contributed by atoms with Gasteiger partial charge in [0.15, 0.2) is 0 Å². The van der Waals surface area contributed by atoms with Gasteiger partial charge >= 0.3 is 0 Å². The minimum absolute atomic E-state index is 0.346. The van der Waals surface area contributed by atoms with E-state index in [0.29, 0.717) is 28.3 Å². The molecule has 9 heteroatoms. The Morgan fingerprint density at radius 3 is 2.64 bits per heavy atom. The lowest BCUT2D eigenvalue weighted by Gasteiger charge is -2.25. The molecule has 0 bridgehead atoms. The molecule has 1 fully saturated rings. The molecular weight excluding hydrogens is 436 g/mol. The third kappa shape index (κ3) is 4.39. The maximum Gasteiger partial charge on any atom is 0.135 e. The third-order valence-electron chi connectivity index (χ3n) is 6.12. The fraction of sp³-hybridized carbons (Fsp3) is 0.292. The van der Waals surface area contributed by atoms with Gasteiger partial charge in [-0.1, -0.05) is 30.9 Å². The molecule has 0 atom stereocenters. The average Bonchev–Trinajstić information content (AvgIpc) is 3.43. The van der Waals surface area contributed by atoms with E-state index in [-0.39, 0.29) is 0 Å². The van der Waals surface area contributed by atoms with Crippen molar-refractivity contribution in [2.45, 2.75) is 38.1 Å². The van der Waals surface area contributed by atoms with Crippen LogP contribution in [0.25, 0.3) is 16.6 Å². The van der Waals surface area contributed by atoms with Gasteiger partial charge < -0.3 is 16.8 Å². The van der Waals surface area contributed by atoms with Gasteiger partial charge in [0, 0.05) is 42.3 Å². The molecule has 0 spiro atoms. The van der Waals surface area contributed by atoms with Gasteiger partial charge in [0.25, 0.3) is 0 Å². The molecule has 3 heterocycles. The Hall–Kier alpha value is -3.52. The van der Waals surface area contributed by atoms with Gasteiger partial charge in [-0.2, -0.15) is 10.2 Å². The Bertz CT molecular complexity index is 1330. The van der Waals surface area contributed by atoms with E-state index >= 15 is 0 Å². The predicted molar refractivity (Wildman–Crippen MR) is 134 cm³/mol. The van der Waals surface area contributed by atoms with Crippen LogP contribution >= 0.6 is 11.6 Å². The summed E-state index contributed by atoms with van der Waals surface area (Å²) in [5.74, 6) is 0.346. The van der Waals surface area contributed by atoms with Crippen LogP contribution in [0.15, 0.2) is 54.0 Å². The zero-order valence-corrected chi connectivity index (χ0v) is 19.3. The van der Waals surface area contributed by atoms with Crippen molar-refractivity contribution >= 4 is 40.0 Å².